The first-order valence-electron chi connectivity index (χ1n) is 10.3. The molecule has 1 fully saturated rings. The molecule has 0 bridgehead atoms. The Morgan fingerprint density at radius 2 is 1.90 bits per heavy atom. The van der Waals surface area contributed by atoms with Crippen LogP contribution in [0.25, 0.3) is 5.69 Å². The van der Waals surface area contributed by atoms with Gasteiger partial charge in [0.1, 0.15) is 11.6 Å². The number of aryl methyl sites for hydroxylation is 1. The van der Waals surface area contributed by atoms with Crippen molar-refractivity contribution in [2.24, 2.45) is 5.92 Å². The second-order valence-electron chi connectivity index (χ2n) is 7.60. The average molecular weight is 419 g/mol. The molecule has 1 aliphatic heterocycles. The lowest BCUT2D eigenvalue weighted by atomic mass is 9.98. The van der Waals surface area contributed by atoms with Crippen LogP contribution in [0, 0.1) is 5.92 Å². The van der Waals surface area contributed by atoms with Gasteiger partial charge in [0.2, 0.25) is 5.91 Å². The molecule has 8 nitrogen and oxygen atoms in total. The smallest absolute Gasteiger partial charge is 0.222 e. The fraction of sp³-hybridized carbons (Fsp3) is 0.304. The van der Waals surface area contributed by atoms with Gasteiger partial charge in [-0.2, -0.15) is 5.10 Å². The molecule has 1 aromatic carbocycles. The number of benzene rings is 1. The number of rotatable bonds is 7. The first-order chi connectivity index (χ1) is 15.1. The van der Waals surface area contributed by atoms with E-state index in [0.717, 1.165) is 17.0 Å². The summed E-state index contributed by atoms with van der Waals surface area (Å²) in [7, 11) is 1.60. The van der Waals surface area contributed by atoms with E-state index in [4.69, 9.17) is 10.5 Å². The van der Waals surface area contributed by atoms with Crippen LogP contribution in [-0.4, -0.2) is 51.6 Å². The number of carbonyl (C=O) groups excluding carboxylic acids is 2. The summed E-state index contributed by atoms with van der Waals surface area (Å²) in [5.74, 6) is 0.763. The number of ketones is 1. The van der Waals surface area contributed by atoms with E-state index < -0.39 is 0 Å². The number of Topliss-reactive ketones (excluding diaryl/α,β-unsaturated/α-hetero) is 1. The minimum atomic E-state index is -0.263. The zero-order valence-electron chi connectivity index (χ0n) is 17.4. The van der Waals surface area contributed by atoms with Crippen LogP contribution in [0.1, 0.15) is 28.8 Å². The minimum absolute atomic E-state index is 0.0639. The van der Waals surface area contributed by atoms with E-state index in [2.05, 4.69) is 10.1 Å². The van der Waals surface area contributed by atoms with E-state index in [1.54, 1.807) is 29.1 Å². The Labute approximate surface area is 180 Å². The molecule has 3 heterocycles. The Hall–Kier alpha value is -3.68. The summed E-state index contributed by atoms with van der Waals surface area (Å²) in [6, 6.07) is 11.1. The van der Waals surface area contributed by atoms with Crippen molar-refractivity contribution in [3.63, 3.8) is 0 Å². The van der Waals surface area contributed by atoms with Gasteiger partial charge in [-0.05, 0) is 54.8 Å². The molecule has 0 unspecified atom stereocenters. The summed E-state index contributed by atoms with van der Waals surface area (Å²) < 4.78 is 6.71. The van der Waals surface area contributed by atoms with Crippen molar-refractivity contribution in [3.05, 3.63) is 66.1 Å². The number of anilines is 1. The van der Waals surface area contributed by atoms with Crippen molar-refractivity contribution in [2.75, 3.05) is 25.9 Å². The Balaban J connectivity index is 1.39. The number of likely N-dealkylation sites (tertiary alicyclic amines) is 1. The van der Waals surface area contributed by atoms with Crippen LogP contribution in [0.5, 0.6) is 5.75 Å². The van der Waals surface area contributed by atoms with Crippen molar-refractivity contribution >= 4 is 17.5 Å². The van der Waals surface area contributed by atoms with Crippen LogP contribution in [0.2, 0.25) is 0 Å². The zero-order chi connectivity index (χ0) is 21.8. The quantitative estimate of drug-likeness (QED) is 0.590. The number of methoxy groups -OCH3 is 1. The maximum atomic E-state index is 13.1. The van der Waals surface area contributed by atoms with Gasteiger partial charge in [0, 0.05) is 37.8 Å². The molecule has 3 aromatic rings. The molecule has 8 heteroatoms. The standard InChI is InChI=1S/C23H25N5O3/c1-31-19-5-3-18(4-6-19)28-23(24)20(14-26-28)22(30)17-10-13-27(15-17)21(29)7-2-16-8-11-25-12-9-16/h3-6,8-9,11-12,14,17H,2,7,10,13,15,24H2,1H3/t17-/m1/s1. The number of pyridine rings is 1. The molecule has 1 aliphatic rings. The maximum Gasteiger partial charge on any atom is 0.222 e. The van der Waals surface area contributed by atoms with Gasteiger partial charge in [0.05, 0.1) is 24.6 Å². The summed E-state index contributed by atoms with van der Waals surface area (Å²) in [5.41, 5.74) is 8.46. The van der Waals surface area contributed by atoms with Crippen molar-refractivity contribution in [1.29, 1.82) is 0 Å². The predicted molar refractivity (Wildman–Crippen MR) is 116 cm³/mol. The van der Waals surface area contributed by atoms with E-state index in [0.29, 0.717) is 43.7 Å². The Bertz CT molecular complexity index is 1060. The second-order valence-corrected chi connectivity index (χ2v) is 7.60. The lowest BCUT2D eigenvalue weighted by Gasteiger charge is -2.16. The van der Waals surface area contributed by atoms with Crippen LogP contribution < -0.4 is 10.5 Å². The van der Waals surface area contributed by atoms with Crippen molar-refractivity contribution < 1.29 is 14.3 Å². The predicted octanol–water partition coefficient (Wildman–Crippen LogP) is 2.52. The monoisotopic (exact) mass is 419 g/mol. The number of ether oxygens (including phenoxy) is 1. The Morgan fingerprint density at radius 1 is 1.16 bits per heavy atom. The van der Waals surface area contributed by atoms with E-state index >= 15 is 0 Å². The van der Waals surface area contributed by atoms with E-state index in [1.165, 1.54) is 6.20 Å². The lowest BCUT2D eigenvalue weighted by Crippen LogP contribution is -2.30. The second kappa shape index (κ2) is 8.99. The third kappa shape index (κ3) is 4.42. The third-order valence-corrected chi connectivity index (χ3v) is 5.68. The van der Waals surface area contributed by atoms with Gasteiger partial charge in [0.15, 0.2) is 5.78 Å². The Morgan fingerprint density at radius 3 is 2.61 bits per heavy atom. The number of amides is 1. The molecule has 1 amide bonds. The first-order valence-corrected chi connectivity index (χ1v) is 10.3. The van der Waals surface area contributed by atoms with Crippen LogP contribution in [0.3, 0.4) is 0 Å². The van der Waals surface area contributed by atoms with Crippen molar-refractivity contribution in [1.82, 2.24) is 19.7 Å². The number of hydrogen-bond acceptors (Lipinski definition) is 6. The minimum Gasteiger partial charge on any atom is -0.497 e. The van der Waals surface area contributed by atoms with Gasteiger partial charge < -0.3 is 15.4 Å². The third-order valence-electron chi connectivity index (χ3n) is 5.68. The number of nitrogen functional groups attached to an aromatic ring is 1. The average Bonchev–Trinajstić information content (AvgIpc) is 3.45. The van der Waals surface area contributed by atoms with E-state index in [-0.39, 0.29) is 17.6 Å². The van der Waals surface area contributed by atoms with Gasteiger partial charge in [-0.3, -0.25) is 14.6 Å². The highest BCUT2D eigenvalue weighted by Crippen LogP contribution is 2.26. The fourth-order valence-electron chi connectivity index (χ4n) is 3.86. The SMILES string of the molecule is COc1ccc(-n2ncc(C(=O)[C@@H]3CCN(C(=O)CCc4ccncc4)C3)c2N)cc1. The molecular weight excluding hydrogens is 394 g/mol. The van der Waals surface area contributed by atoms with Gasteiger partial charge >= 0.3 is 0 Å². The molecule has 0 radical (unpaired) electrons. The summed E-state index contributed by atoms with van der Waals surface area (Å²) in [6.07, 6.45) is 6.67. The number of carbonyl (C=O) groups is 2. The maximum absolute atomic E-state index is 13.1. The van der Waals surface area contributed by atoms with E-state index in [1.807, 2.05) is 36.4 Å². The molecule has 4 rings (SSSR count). The highest BCUT2D eigenvalue weighted by molar-refractivity contribution is 6.02. The summed E-state index contributed by atoms with van der Waals surface area (Å²) in [6.45, 7) is 0.999. The van der Waals surface area contributed by atoms with Gasteiger partial charge in [-0.1, -0.05) is 0 Å². The molecule has 0 aliphatic carbocycles. The number of aromatic nitrogens is 3. The van der Waals surface area contributed by atoms with Crippen LogP contribution in [0.15, 0.2) is 55.0 Å². The topological polar surface area (TPSA) is 103 Å². The molecule has 2 N–H and O–H groups in total. The van der Waals surface area contributed by atoms with Gasteiger partial charge in [-0.15, -0.1) is 0 Å². The summed E-state index contributed by atoms with van der Waals surface area (Å²) in [5, 5.41) is 4.30. The van der Waals surface area contributed by atoms with Gasteiger partial charge in [-0.25, -0.2) is 4.68 Å². The van der Waals surface area contributed by atoms with Crippen molar-refractivity contribution in [2.45, 2.75) is 19.3 Å². The van der Waals surface area contributed by atoms with Gasteiger partial charge in [0.25, 0.3) is 0 Å². The van der Waals surface area contributed by atoms with Crippen LogP contribution in [0.4, 0.5) is 5.82 Å². The molecule has 1 atom stereocenters. The fourth-order valence-corrected chi connectivity index (χ4v) is 3.86. The zero-order valence-corrected chi connectivity index (χ0v) is 17.4. The normalized spacial score (nSPS) is 15.8. The highest BCUT2D eigenvalue weighted by Gasteiger charge is 2.33. The van der Waals surface area contributed by atoms with Crippen LogP contribution in [-0.2, 0) is 11.2 Å². The highest BCUT2D eigenvalue weighted by atomic mass is 16.5. The molecule has 0 spiro atoms. The summed E-state index contributed by atoms with van der Waals surface area (Å²) >= 11 is 0. The largest absolute Gasteiger partial charge is 0.497 e. The first kappa shape index (κ1) is 20.6. The van der Waals surface area contributed by atoms with Crippen LogP contribution >= 0.6 is 0 Å². The molecule has 31 heavy (non-hydrogen) atoms. The lowest BCUT2D eigenvalue weighted by molar-refractivity contribution is -0.130. The molecule has 2 aromatic heterocycles. The number of nitrogens with zero attached hydrogens (tertiary/aromatic N) is 4. The Kier molecular flexibility index (Phi) is 5.97. The summed E-state index contributed by atoms with van der Waals surface area (Å²) in [4.78, 5) is 31.4. The number of hydrogen-bond donors (Lipinski definition) is 1. The molecule has 1 saturated heterocycles. The number of nitrogens with two attached hydrogens (primary N) is 1. The molecule has 160 valence electrons. The van der Waals surface area contributed by atoms with Crippen molar-refractivity contribution in [3.8, 4) is 11.4 Å². The molecule has 0 saturated carbocycles. The molecular formula is C23H25N5O3. The van der Waals surface area contributed by atoms with E-state index in [9.17, 15) is 9.59 Å².